The Bertz CT molecular complexity index is 1060. The number of aryl methyl sites for hydroxylation is 1. The zero-order valence-corrected chi connectivity index (χ0v) is 18.1. The molecule has 0 N–H and O–H groups in total. The van der Waals surface area contributed by atoms with Crippen molar-refractivity contribution < 1.29 is 13.9 Å². The fourth-order valence-corrected chi connectivity index (χ4v) is 3.81. The molecule has 0 radical (unpaired) electrons. The fraction of sp³-hybridized carbons (Fsp3) is 0.280. The molecule has 2 aromatic carbocycles. The van der Waals surface area contributed by atoms with Crippen molar-refractivity contribution in [2.45, 2.75) is 25.9 Å². The largest absolute Gasteiger partial charge is 0.497 e. The quantitative estimate of drug-likeness (QED) is 0.572. The van der Waals surface area contributed by atoms with E-state index in [4.69, 9.17) is 14.3 Å². The van der Waals surface area contributed by atoms with Crippen LogP contribution < -0.4 is 4.74 Å². The third kappa shape index (κ3) is 4.86. The van der Waals surface area contributed by atoms with Gasteiger partial charge in [-0.1, -0.05) is 42.0 Å². The Morgan fingerprint density at radius 2 is 2.00 bits per heavy atom. The minimum absolute atomic E-state index is 0.0612. The molecule has 6 nitrogen and oxygen atoms in total. The third-order valence-corrected chi connectivity index (χ3v) is 5.41. The molecule has 0 aliphatic carbocycles. The summed E-state index contributed by atoms with van der Waals surface area (Å²) in [4.78, 5) is 15.2. The van der Waals surface area contributed by atoms with Crippen molar-refractivity contribution in [2.24, 2.45) is 5.10 Å². The molecule has 1 unspecified atom stereocenters. The molecule has 1 amide bonds. The summed E-state index contributed by atoms with van der Waals surface area (Å²) < 4.78 is 10.9. The molecule has 6 heteroatoms. The minimum Gasteiger partial charge on any atom is -0.497 e. The third-order valence-electron chi connectivity index (χ3n) is 5.41. The molecule has 0 fully saturated rings. The first-order valence-corrected chi connectivity index (χ1v) is 10.3. The number of likely N-dealkylation sites (N-methyl/N-ethyl adjacent to an activating group) is 1. The van der Waals surface area contributed by atoms with Gasteiger partial charge in [0.2, 0.25) is 0 Å². The summed E-state index contributed by atoms with van der Waals surface area (Å²) in [6.45, 7) is 2.94. The van der Waals surface area contributed by atoms with Crippen LogP contribution in [0.3, 0.4) is 0 Å². The number of carbonyl (C=O) groups is 1. The molecule has 31 heavy (non-hydrogen) atoms. The first kappa shape index (κ1) is 20.9. The van der Waals surface area contributed by atoms with Gasteiger partial charge in [0, 0.05) is 13.0 Å². The maximum atomic E-state index is 13.2. The lowest BCUT2D eigenvalue weighted by Crippen LogP contribution is -2.36. The maximum absolute atomic E-state index is 13.2. The Kier molecular flexibility index (Phi) is 6.18. The highest BCUT2D eigenvalue weighted by atomic mass is 16.5. The molecule has 0 bridgehead atoms. The van der Waals surface area contributed by atoms with Gasteiger partial charge in [-0.3, -0.25) is 9.69 Å². The van der Waals surface area contributed by atoms with Crippen LogP contribution in [0.5, 0.6) is 5.75 Å². The second kappa shape index (κ2) is 9.18. The second-order valence-electron chi connectivity index (χ2n) is 7.91. The monoisotopic (exact) mass is 417 g/mol. The van der Waals surface area contributed by atoms with Gasteiger partial charge < -0.3 is 9.15 Å². The van der Waals surface area contributed by atoms with Gasteiger partial charge in [0.15, 0.2) is 0 Å². The van der Waals surface area contributed by atoms with Gasteiger partial charge in [0.05, 0.1) is 25.6 Å². The molecular formula is C25H27N3O3. The predicted molar refractivity (Wildman–Crippen MR) is 120 cm³/mol. The fourth-order valence-electron chi connectivity index (χ4n) is 3.81. The van der Waals surface area contributed by atoms with Gasteiger partial charge in [0.25, 0.3) is 5.91 Å². The molecular weight excluding hydrogens is 390 g/mol. The Morgan fingerprint density at radius 1 is 1.19 bits per heavy atom. The number of methoxy groups -OCH3 is 1. The van der Waals surface area contributed by atoms with Crippen molar-refractivity contribution in [1.82, 2.24) is 9.91 Å². The number of ether oxygens (including phenoxy) is 1. The molecule has 1 aliphatic heterocycles. The smallest absolute Gasteiger partial charge is 0.257 e. The van der Waals surface area contributed by atoms with Gasteiger partial charge >= 0.3 is 0 Å². The highest BCUT2D eigenvalue weighted by molar-refractivity contribution is 6.03. The summed E-state index contributed by atoms with van der Waals surface area (Å²) in [7, 11) is 3.58. The van der Waals surface area contributed by atoms with Gasteiger partial charge in [-0.2, -0.15) is 5.10 Å². The van der Waals surface area contributed by atoms with Crippen molar-refractivity contribution in [3.8, 4) is 5.75 Å². The van der Waals surface area contributed by atoms with Crippen LogP contribution >= 0.6 is 0 Å². The topological polar surface area (TPSA) is 58.3 Å². The van der Waals surface area contributed by atoms with E-state index in [2.05, 4.69) is 31.2 Å². The number of hydrogen-bond donors (Lipinski definition) is 0. The van der Waals surface area contributed by atoms with E-state index in [1.807, 2.05) is 48.3 Å². The zero-order chi connectivity index (χ0) is 21.8. The van der Waals surface area contributed by atoms with E-state index >= 15 is 0 Å². The average Bonchev–Trinajstić information content (AvgIpc) is 3.44. The van der Waals surface area contributed by atoms with Gasteiger partial charge in [0.1, 0.15) is 17.6 Å². The number of carbonyl (C=O) groups excluding carboxylic acids is 1. The predicted octanol–water partition coefficient (Wildman–Crippen LogP) is 4.41. The molecule has 2 heterocycles. The van der Waals surface area contributed by atoms with E-state index in [0.29, 0.717) is 13.0 Å². The Morgan fingerprint density at radius 3 is 2.71 bits per heavy atom. The van der Waals surface area contributed by atoms with Crippen LogP contribution in [-0.4, -0.2) is 42.2 Å². The van der Waals surface area contributed by atoms with E-state index in [9.17, 15) is 4.79 Å². The number of furan rings is 1. The van der Waals surface area contributed by atoms with Crippen LogP contribution in [0, 0.1) is 6.92 Å². The van der Waals surface area contributed by atoms with Crippen LogP contribution in [0.1, 0.15) is 34.9 Å². The molecule has 0 saturated heterocycles. The summed E-state index contributed by atoms with van der Waals surface area (Å²) in [5.41, 5.74) is 4.20. The van der Waals surface area contributed by atoms with Gasteiger partial charge in [-0.25, -0.2) is 5.01 Å². The molecule has 4 rings (SSSR count). The molecule has 1 aliphatic rings. The van der Waals surface area contributed by atoms with E-state index in [0.717, 1.165) is 28.3 Å². The lowest BCUT2D eigenvalue weighted by Gasteiger charge is -2.23. The minimum atomic E-state index is -0.232. The van der Waals surface area contributed by atoms with E-state index in [1.165, 1.54) is 5.56 Å². The number of hydrazone groups is 1. The summed E-state index contributed by atoms with van der Waals surface area (Å²) in [5.74, 6) is 1.49. The van der Waals surface area contributed by atoms with Gasteiger partial charge in [-0.15, -0.1) is 0 Å². The first-order chi connectivity index (χ1) is 15.0. The van der Waals surface area contributed by atoms with Crippen molar-refractivity contribution in [3.63, 3.8) is 0 Å². The lowest BCUT2D eigenvalue weighted by atomic mass is 10.0. The van der Waals surface area contributed by atoms with Crippen LogP contribution in [-0.2, 0) is 11.3 Å². The molecule has 160 valence electrons. The SMILES string of the molecule is COc1cccc(CN(C)CC(=O)N2N=C(c3ccc(C)cc3)CC2c2ccco2)c1. The van der Waals surface area contributed by atoms with Crippen molar-refractivity contribution in [1.29, 1.82) is 0 Å². The van der Waals surface area contributed by atoms with E-state index in [-0.39, 0.29) is 18.5 Å². The van der Waals surface area contributed by atoms with Crippen LogP contribution in [0.25, 0.3) is 0 Å². The zero-order valence-electron chi connectivity index (χ0n) is 18.1. The number of amides is 1. The highest BCUT2D eigenvalue weighted by Gasteiger charge is 2.35. The Labute approximate surface area is 182 Å². The average molecular weight is 418 g/mol. The Hall–Kier alpha value is -3.38. The number of benzene rings is 2. The van der Waals surface area contributed by atoms with Crippen LogP contribution in [0.2, 0.25) is 0 Å². The van der Waals surface area contributed by atoms with Crippen molar-refractivity contribution in [3.05, 3.63) is 89.4 Å². The van der Waals surface area contributed by atoms with Gasteiger partial charge in [-0.05, 0) is 49.4 Å². The highest BCUT2D eigenvalue weighted by Crippen LogP contribution is 2.33. The Balaban J connectivity index is 1.50. The standard InChI is InChI=1S/C25H27N3O3/c1-18-9-11-20(12-10-18)22-15-23(24-8-5-13-31-24)28(26-22)25(29)17-27(2)16-19-6-4-7-21(14-19)30-3/h4-14,23H,15-17H2,1-3H3. The van der Waals surface area contributed by atoms with Crippen molar-refractivity contribution in [2.75, 3.05) is 20.7 Å². The first-order valence-electron chi connectivity index (χ1n) is 10.3. The van der Waals surface area contributed by atoms with E-state index < -0.39 is 0 Å². The molecule has 0 spiro atoms. The summed E-state index contributed by atoms with van der Waals surface area (Å²) in [6.07, 6.45) is 2.26. The lowest BCUT2D eigenvalue weighted by molar-refractivity contribution is -0.134. The molecule has 0 saturated carbocycles. The number of rotatable bonds is 7. The normalized spacial score (nSPS) is 15.9. The second-order valence-corrected chi connectivity index (χ2v) is 7.91. The van der Waals surface area contributed by atoms with Crippen LogP contribution in [0.15, 0.2) is 76.4 Å². The summed E-state index contributed by atoms with van der Waals surface area (Å²) >= 11 is 0. The maximum Gasteiger partial charge on any atom is 0.257 e. The van der Waals surface area contributed by atoms with Crippen LogP contribution in [0.4, 0.5) is 0 Å². The molecule has 1 aromatic heterocycles. The van der Waals surface area contributed by atoms with E-state index in [1.54, 1.807) is 18.4 Å². The van der Waals surface area contributed by atoms with Crippen molar-refractivity contribution >= 4 is 11.6 Å². The summed E-state index contributed by atoms with van der Waals surface area (Å²) in [5, 5.41) is 6.29. The molecule has 1 atom stereocenters. The summed E-state index contributed by atoms with van der Waals surface area (Å²) in [6, 6.07) is 19.6. The number of hydrogen-bond acceptors (Lipinski definition) is 5. The number of nitrogens with zero attached hydrogens (tertiary/aromatic N) is 3. The molecule has 3 aromatic rings.